The second-order valence-electron chi connectivity index (χ2n) is 11.2. The van der Waals surface area contributed by atoms with Gasteiger partial charge in [-0.1, -0.05) is 55.7 Å². The number of hydrogen-bond acceptors (Lipinski definition) is 5. The van der Waals surface area contributed by atoms with E-state index in [2.05, 4.69) is 27.5 Å². The summed E-state index contributed by atoms with van der Waals surface area (Å²) in [6.07, 6.45) is 10.5. The number of piperidine rings is 1. The predicted octanol–water partition coefficient (Wildman–Crippen LogP) is 6.40. The molecule has 8 heteroatoms. The maximum Gasteiger partial charge on any atom is 0.408 e. The number of H-pyrrole nitrogens is 1. The Bertz CT molecular complexity index is 1110. The number of aromatic amines is 1. The summed E-state index contributed by atoms with van der Waals surface area (Å²) >= 11 is 0. The lowest BCUT2D eigenvalue weighted by Gasteiger charge is -2.33. The standard InChI is InChI=1S/C20H27N3O2.C11H18N2O/c1-14-7-6-10-17(11-14)19(18-12-21-15(2)22-18)23-20(24)25-13-16-8-4-3-5-9-16;1-8(2)6-10(12)7-9-4-3-5-13-11(9)14/h3-5,8-9,12,14,17,19H,6-7,10-11,13H2,1-2H3,(H,21,22)(H,23,24);6,9,12H,3-5,7H2,1-2H3,(H,13,14). The fourth-order valence-corrected chi connectivity index (χ4v) is 5.43. The van der Waals surface area contributed by atoms with Crippen LogP contribution in [-0.4, -0.2) is 34.2 Å². The summed E-state index contributed by atoms with van der Waals surface area (Å²) in [5, 5.41) is 13.6. The highest BCUT2D eigenvalue weighted by molar-refractivity contribution is 5.96. The minimum Gasteiger partial charge on any atom is -0.445 e. The van der Waals surface area contributed by atoms with Crippen LogP contribution in [0, 0.1) is 30.1 Å². The Morgan fingerprint density at radius 2 is 1.97 bits per heavy atom. The van der Waals surface area contributed by atoms with Crippen molar-refractivity contribution in [2.75, 3.05) is 6.54 Å². The van der Waals surface area contributed by atoms with Gasteiger partial charge < -0.3 is 25.8 Å². The number of carbonyl (C=O) groups excluding carboxylic acids is 2. The van der Waals surface area contributed by atoms with E-state index in [1.165, 1.54) is 12.8 Å². The number of aromatic nitrogens is 2. The van der Waals surface area contributed by atoms with E-state index in [4.69, 9.17) is 10.1 Å². The van der Waals surface area contributed by atoms with Gasteiger partial charge >= 0.3 is 6.09 Å². The van der Waals surface area contributed by atoms with Crippen molar-refractivity contribution >= 4 is 17.7 Å². The molecule has 1 saturated carbocycles. The van der Waals surface area contributed by atoms with E-state index in [0.717, 1.165) is 54.9 Å². The van der Waals surface area contributed by atoms with E-state index in [1.807, 2.05) is 63.4 Å². The molecule has 1 aliphatic carbocycles. The number of hydrogen-bond donors (Lipinski definition) is 4. The first-order valence-electron chi connectivity index (χ1n) is 14.2. The average molecular weight is 536 g/mol. The summed E-state index contributed by atoms with van der Waals surface area (Å²) in [6.45, 7) is 9.23. The number of benzene rings is 1. The summed E-state index contributed by atoms with van der Waals surface area (Å²) in [6, 6.07) is 9.65. The van der Waals surface area contributed by atoms with Gasteiger partial charge in [-0.05, 0) is 69.9 Å². The number of aryl methyl sites for hydroxylation is 1. The number of imidazole rings is 1. The number of rotatable bonds is 8. The molecule has 4 N–H and O–H groups in total. The molecule has 1 aromatic heterocycles. The third-order valence-corrected chi connectivity index (χ3v) is 7.32. The van der Waals surface area contributed by atoms with Crippen LogP contribution in [0.3, 0.4) is 0 Å². The monoisotopic (exact) mass is 535 g/mol. The zero-order valence-electron chi connectivity index (χ0n) is 23.9. The van der Waals surface area contributed by atoms with E-state index in [-0.39, 0.29) is 30.6 Å². The van der Waals surface area contributed by atoms with Gasteiger partial charge in [-0.3, -0.25) is 4.79 Å². The van der Waals surface area contributed by atoms with Crippen molar-refractivity contribution < 1.29 is 14.3 Å². The van der Waals surface area contributed by atoms with Gasteiger partial charge in [-0.25, -0.2) is 9.78 Å². The highest BCUT2D eigenvalue weighted by atomic mass is 16.5. The first-order valence-corrected chi connectivity index (χ1v) is 14.2. The summed E-state index contributed by atoms with van der Waals surface area (Å²) in [7, 11) is 0. The normalized spacial score (nSPS) is 21.4. The topological polar surface area (TPSA) is 120 Å². The van der Waals surface area contributed by atoms with Gasteiger partial charge in [-0.15, -0.1) is 0 Å². The molecule has 2 aromatic rings. The van der Waals surface area contributed by atoms with Crippen molar-refractivity contribution in [3.63, 3.8) is 0 Å². The largest absolute Gasteiger partial charge is 0.445 e. The van der Waals surface area contributed by atoms with Crippen LogP contribution >= 0.6 is 0 Å². The molecule has 4 atom stereocenters. The Kier molecular flexibility index (Phi) is 11.8. The number of allylic oxidation sites excluding steroid dienone is 2. The van der Waals surface area contributed by atoms with Gasteiger partial charge in [-0.2, -0.15) is 0 Å². The number of ether oxygens (including phenoxy) is 1. The van der Waals surface area contributed by atoms with E-state index >= 15 is 0 Å². The second-order valence-corrected chi connectivity index (χ2v) is 11.2. The smallest absolute Gasteiger partial charge is 0.408 e. The molecule has 2 amide bonds. The lowest BCUT2D eigenvalue weighted by atomic mass is 9.78. The summed E-state index contributed by atoms with van der Waals surface area (Å²) in [4.78, 5) is 31.3. The van der Waals surface area contributed by atoms with Crippen molar-refractivity contribution in [1.82, 2.24) is 20.6 Å². The highest BCUT2D eigenvalue weighted by Gasteiger charge is 2.30. The van der Waals surface area contributed by atoms with Crippen LogP contribution in [-0.2, 0) is 16.1 Å². The van der Waals surface area contributed by atoms with Crippen LogP contribution in [0.25, 0.3) is 0 Å². The minimum atomic E-state index is -0.376. The molecule has 0 spiro atoms. The number of carbonyl (C=O) groups is 2. The maximum atomic E-state index is 12.4. The van der Waals surface area contributed by atoms with Crippen LogP contribution in [0.2, 0.25) is 0 Å². The number of nitrogens with one attached hydrogen (secondary N) is 4. The lowest BCUT2D eigenvalue weighted by Crippen LogP contribution is -2.37. The molecule has 0 radical (unpaired) electrons. The second kappa shape index (κ2) is 15.2. The van der Waals surface area contributed by atoms with Crippen LogP contribution in [0.4, 0.5) is 4.79 Å². The fourth-order valence-electron chi connectivity index (χ4n) is 5.43. The van der Waals surface area contributed by atoms with Crippen molar-refractivity contribution in [3.8, 4) is 0 Å². The lowest BCUT2D eigenvalue weighted by molar-refractivity contribution is -0.126. The summed E-state index contributed by atoms with van der Waals surface area (Å²) < 4.78 is 5.42. The molecule has 2 aliphatic rings. The highest BCUT2D eigenvalue weighted by Crippen LogP contribution is 2.36. The van der Waals surface area contributed by atoms with Gasteiger partial charge in [0.15, 0.2) is 0 Å². The molecule has 2 heterocycles. The third kappa shape index (κ3) is 10.3. The number of amides is 2. The van der Waals surface area contributed by atoms with Crippen molar-refractivity contribution in [2.24, 2.45) is 17.8 Å². The molecule has 39 heavy (non-hydrogen) atoms. The van der Waals surface area contributed by atoms with E-state index in [9.17, 15) is 9.59 Å². The van der Waals surface area contributed by atoms with E-state index in [1.54, 1.807) is 0 Å². The Hall–Kier alpha value is -3.42. The number of alkyl carbamates (subject to hydrolysis) is 1. The summed E-state index contributed by atoms with van der Waals surface area (Å²) in [5.41, 5.74) is 3.63. The average Bonchev–Trinajstić information content (AvgIpc) is 3.34. The first-order chi connectivity index (χ1) is 18.7. The fraction of sp³-hybridized carbons (Fsp3) is 0.548. The molecule has 1 aromatic carbocycles. The molecule has 4 unspecified atom stereocenters. The first kappa shape index (κ1) is 30.1. The molecule has 2 fully saturated rings. The van der Waals surface area contributed by atoms with Gasteiger partial charge in [0, 0.05) is 24.6 Å². The van der Waals surface area contributed by atoms with Crippen LogP contribution in [0.1, 0.15) is 88.8 Å². The molecular formula is C31H45N5O3. The number of nitrogens with zero attached hydrogens (tertiary/aromatic N) is 1. The Labute approximate surface area is 232 Å². The summed E-state index contributed by atoms with van der Waals surface area (Å²) in [5.74, 6) is 2.10. The van der Waals surface area contributed by atoms with Gasteiger partial charge in [0.1, 0.15) is 12.4 Å². The predicted molar refractivity (Wildman–Crippen MR) is 154 cm³/mol. The van der Waals surface area contributed by atoms with Crippen LogP contribution in [0.5, 0.6) is 0 Å². The van der Waals surface area contributed by atoms with E-state index in [0.29, 0.717) is 24.0 Å². The third-order valence-electron chi connectivity index (χ3n) is 7.32. The van der Waals surface area contributed by atoms with Gasteiger partial charge in [0.25, 0.3) is 0 Å². The molecule has 8 nitrogen and oxygen atoms in total. The zero-order valence-corrected chi connectivity index (χ0v) is 23.9. The Balaban J connectivity index is 0.000000255. The van der Waals surface area contributed by atoms with Crippen molar-refractivity contribution in [2.45, 2.75) is 85.3 Å². The van der Waals surface area contributed by atoms with Crippen molar-refractivity contribution in [3.05, 3.63) is 65.3 Å². The maximum absolute atomic E-state index is 12.4. The molecule has 1 aliphatic heterocycles. The molecule has 4 rings (SSSR count). The molecule has 212 valence electrons. The van der Waals surface area contributed by atoms with Gasteiger partial charge in [0.2, 0.25) is 5.91 Å². The Morgan fingerprint density at radius 3 is 2.62 bits per heavy atom. The molecule has 1 saturated heterocycles. The SMILES string of the molecule is CC(C)=CC(=N)CC1CCCNC1=O.Cc1ncc(C(NC(=O)OCc2ccccc2)C2CCCC(C)C2)[nH]1. The molecular weight excluding hydrogens is 490 g/mol. The van der Waals surface area contributed by atoms with E-state index < -0.39 is 0 Å². The van der Waals surface area contributed by atoms with Gasteiger partial charge in [0.05, 0.1) is 17.9 Å². The quantitative estimate of drug-likeness (QED) is 0.292. The Morgan fingerprint density at radius 1 is 1.21 bits per heavy atom. The van der Waals surface area contributed by atoms with Crippen molar-refractivity contribution in [1.29, 1.82) is 5.41 Å². The molecule has 0 bridgehead atoms. The van der Waals surface area contributed by atoms with Crippen LogP contribution < -0.4 is 10.6 Å². The zero-order chi connectivity index (χ0) is 28.2. The minimum absolute atomic E-state index is 0.0202. The van der Waals surface area contributed by atoms with Crippen LogP contribution in [0.15, 0.2) is 48.2 Å².